The molecule has 0 spiro atoms. The molecule has 138 valence electrons. The number of esters is 1. The number of benzene rings is 2. The van der Waals surface area contributed by atoms with Gasteiger partial charge in [-0.2, -0.15) is 0 Å². The molecule has 0 amide bonds. The van der Waals surface area contributed by atoms with E-state index in [9.17, 15) is 18.0 Å². The van der Waals surface area contributed by atoms with E-state index in [2.05, 4.69) is 4.72 Å². The Hall–Kier alpha value is -2.67. The Kier molecular flexibility index (Phi) is 5.82. The average Bonchev–Trinajstić information content (AvgIpc) is 2.55. The van der Waals surface area contributed by atoms with E-state index in [1.54, 1.807) is 13.0 Å². The Morgan fingerprint density at radius 3 is 2.23 bits per heavy atom. The van der Waals surface area contributed by atoms with Crippen molar-refractivity contribution in [2.24, 2.45) is 0 Å². The van der Waals surface area contributed by atoms with Crippen LogP contribution in [0.5, 0.6) is 0 Å². The van der Waals surface area contributed by atoms with Gasteiger partial charge in [0.05, 0.1) is 11.8 Å². The third kappa shape index (κ3) is 5.16. The van der Waals surface area contributed by atoms with Crippen molar-refractivity contribution in [3.63, 3.8) is 0 Å². The molecule has 0 fully saturated rings. The highest BCUT2D eigenvalue weighted by Gasteiger charge is 2.21. The summed E-state index contributed by atoms with van der Waals surface area (Å²) in [5.41, 5.74) is 2.80. The van der Waals surface area contributed by atoms with Crippen LogP contribution in [0, 0.1) is 13.8 Å². The second-order valence-corrected chi connectivity index (χ2v) is 7.93. The van der Waals surface area contributed by atoms with Crippen LogP contribution in [0.4, 0.5) is 5.69 Å². The van der Waals surface area contributed by atoms with Crippen LogP contribution in [0.1, 0.15) is 38.8 Å². The van der Waals surface area contributed by atoms with E-state index in [-0.39, 0.29) is 5.78 Å². The number of Topliss-reactive ketones (excluding diaryl/α,β-unsaturated/α-hetero) is 1. The largest absolute Gasteiger partial charge is 0.451 e. The lowest BCUT2D eigenvalue weighted by Gasteiger charge is -2.14. The van der Waals surface area contributed by atoms with Crippen LogP contribution in [-0.4, -0.2) is 32.5 Å². The standard InChI is InChI=1S/C19H21NO5S/c1-12-5-6-13(2)17(11-12)19(22)25-14(3)18(21)15-7-9-16(10-8-15)20-26(4,23)24/h5-11,14,20H,1-4H3/t14-/m0/s1. The average molecular weight is 375 g/mol. The summed E-state index contributed by atoms with van der Waals surface area (Å²) in [7, 11) is -3.39. The molecule has 0 saturated heterocycles. The number of hydrogen-bond donors (Lipinski definition) is 1. The van der Waals surface area contributed by atoms with Gasteiger partial charge in [-0.05, 0) is 56.7 Å². The minimum Gasteiger partial charge on any atom is -0.451 e. The Morgan fingerprint density at radius 2 is 1.65 bits per heavy atom. The van der Waals surface area contributed by atoms with Gasteiger partial charge in [-0.3, -0.25) is 9.52 Å². The summed E-state index contributed by atoms with van der Waals surface area (Å²) in [5.74, 6) is -0.919. The molecule has 0 heterocycles. The SMILES string of the molecule is Cc1ccc(C)c(C(=O)O[C@@H](C)C(=O)c2ccc(NS(C)(=O)=O)cc2)c1. The van der Waals surface area contributed by atoms with E-state index in [4.69, 9.17) is 4.74 Å². The molecule has 2 aromatic carbocycles. The number of nitrogens with one attached hydrogen (secondary N) is 1. The van der Waals surface area contributed by atoms with Crippen LogP contribution < -0.4 is 4.72 Å². The molecule has 0 aliphatic heterocycles. The van der Waals surface area contributed by atoms with E-state index in [1.165, 1.54) is 31.2 Å². The van der Waals surface area contributed by atoms with Crippen molar-refractivity contribution in [2.45, 2.75) is 26.9 Å². The highest BCUT2D eigenvalue weighted by molar-refractivity contribution is 7.92. The van der Waals surface area contributed by atoms with Gasteiger partial charge in [0.2, 0.25) is 15.8 Å². The quantitative estimate of drug-likeness (QED) is 0.619. The first-order valence-corrected chi connectivity index (χ1v) is 9.86. The van der Waals surface area contributed by atoms with Gasteiger partial charge < -0.3 is 4.74 Å². The van der Waals surface area contributed by atoms with Gasteiger partial charge in [0.15, 0.2) is 6.10 Å². The van der Waals surface area contributed by atoms with Crippen molar-refractivity contribution in [1.82, 2.24) is 0 Å². The van der Waals surface area contributed by atoms with Crippen LogP contribution in [0.25, 0.3) is 0 Å². The summed E-state index contributed by atoms with van der Waals surface area (Å²) >= 11 is 0. The molecule has 0 saturated carbocycles. The Balaban J connectivity index is 2.09. The van der Waals surface area contributed by atoms with Crippen molar-refractivity contribution >= 4 is 27.5 Å². The van der Waals surface area contributed by atoms with Crippen molar-refractivity contribution in [3.8, 4) is 0 Å². The molecule has 7 heteroatoms. The molecule has 0 unspecified atom stereocenters. The first-order valence-electron chi connectivity index (χ1n) is 7.97. The fourth-order valence-electron chi connectivity index (χ4n) is 2.38. The van der Waals surface area contributed by atoms with Gasteiger partial charge in [-0.1, -0.05) is 17.7 Å². The first kappa shape index (κ1) is 19.7. The highest BCUT2D eigenvalue weighted by Crippen LogP contribution is 2.16. The fraction of sp³-hybridized carbons (Fsp3) is 0.263. The van der Waals surface area contributed by atoms with E-state index in [1.807, 2.05) is 19.1 Å². The van der Waals surface area contributed by atoms with Crippen molar-refractivity contribution in [1.29, 1.82) is 0 Å². The molecule has 1 N–H and O–H groups in total. The highest BCUT2D eigenvalue weighted by atomic mass is 32.2. The van der Waals surface area contributed by atoms with Crippen LogP contribution in [0.2, 0.25) is 0 Å². The molecule has 6 nitrogen and oxygen atoms in total. The number of sulfonamides is 1. The number of carbonyl (C=O) groups excluding carboxylic acids is 2. The monoisotopic (exact) mass is 375 g/mol. The summed E-state index contributed by atoms with van der Waals surface area (Å²) in [6.45, 7) is 5.18. The van der Waals surface area contributed by atoms with Crippen molar-refractivity contribution in [2.75, 3.05) is 11.0 Å². The van der Waals surface area contributed by atoms with Crippen LogP contribution >= 0.6 is 0 Å². The molecule has 0 aromatic heterocycles. The first-order chi connectivity index (χ1) is 12.1. The second kappa shape index (κ2) is 7.70. The lowest BCUT2D eigenvalue weighted by atomic mass is 10.0. The Morgan fingerprint density at radius 1 is 1.04 bits per heavy atom. The Bertz CT molecular complexity index is 933. The maximum absolute atomic E-state index is 12.4. The van der Waals surface area contributed by atoms with Crippen LogP contribution in [-0.2, 0) is 14.8 Å². The van der Waals surface area contributed by atoms with E-state index < -0.39 is 22.1 Å². The minimum absolute atomic E-state index is 0.324. The normalized spacial score (nSPS) is 12.3. The number of ether oxygens (including phenoxy) is 1. The molecule has 0 aliphatic carbocycles. The number of hydrogen-bond acceptors (Lipinski definition) is 5. The molecule has 0 bridgehead atoms. The van der Waals surface area contributed by atoms with Crippen molar-refractivity contribution < 1.29 is 22.7 Å². The lowest BCUT2D eigenvalue weighted by molar-refractivity contribution is 0.0318. The number of aryl methyl sites for hydroxylation is 2. The zero-order valence-electron chi connectivity index (χ0n) is 15.1. The third-order valence-corrected chi connectivity index (χ3v) is 4.35. The summed E-state index contributed by atoms with van der Waals surface area (Å²) in [6.07, 6.45) is 0.0806. The van der Waals surface area contributed by atoms with E-state index in [0.29, 0.717) is 16.8 Å². The summed E-state index contributed by atoms with van der Waals surface area (Å²) in [4.78, 5) is 24.8. The number of anilines is 1. The molecule has 2 rings (SSSR count). The van der Waals surface area contributed by atoms with Crippen molar-refractivity contribution in [3.05, 3.63) is 64.7 Å². The minimum atomic E-state index is -3.39. The molecule has 1 atom stereocenters. The molecular weight excluding hydrogens is 354 g/mol. The summed E-state index contributed by atoms with van der Waals surface area (Å²) in [6, 6.07) is 11.4. The van der Waals surface area contributed by atoms with Gasteiger partial charge in [0.25, 0.3) is 0 Å². The van der Waals surface area contributed by atoms with Gasteiger partial charge in [0.1, 0.15) is 0 Å². The third-order valence-electron chi connectivity index (χ3n) is 3.74. The number of ketones is 1. The lowest BCUT2D eigenvalue weighted by Crippen LogP contribution is -2.25. The number of carbonyl (C=O) groups is 2. The number of rotatable bonds is 6. The van der Waals surface area contributed by atoms with Gasteiger partial charge in [-0.15, -0.1) is 0 Å². The zero-order valence-corrected chi connectivity index (χ0v) is 15.9. The predicted octanol–water partition coefficient (Wildman–Crippen LogP) is 3.10. The maximum Gasteiger partial charge on any atom is 0.339 e. The van der Waals surface area contributed by atoms with Crippen LogP contribution in [0.15, 0.2) is 42.5 Å². The molecule has 0 radical (unpaired) electrons. The molecular formula is C19H21NO5S. The van der Waals surface area contributed by atoms with Gasteiger partial charge in [-0.25, -0.2) is 13.2 Å². The maximum atomic E-state index is 12.4. The fourth-order valence-corrected chi connectivity index (χ4v) is 2.95. The molecule has 2 aromatic rings. The van der Waals surface area contributed by atoms with E-state index >= 15 is 0 Å². The van der Waals surface area contributed by atoms with Crippen LogP contribution in [0.3, 0.4) is 0 Å². The van der Waals surface area contributed by atoms with Gasteiger partial charge >= 0.3 is 5.97 Å². The molecule has 26 heavy (non-hydrogen) atoms. The topological polar surface area (TPSA) is 89.5 Å². The predicted molar refractivity (Wildman–Crippen MR) is 100 cm³/mol. The molecule has 0 aliphatic rings. The summed E-state index contributed by atoms with van der Waals surface area (Å²) in [5, 5.41) is 0. The van der Waals surface area contributed by atoms with Gasteiger partial charge in [0, 0.05) is 11.3 Å². The second-order valence-electron chi connectivity index (χ2n) is 6.18. The smallest absolute Gasteiger partial charge is 0.339 e. The Labute approximate surface area is 153 Å². The summed E-state index contributed by atoms with van der Waals surface area (Å²) < 4.78 is 30.0. The van der Waals surface area contributed by atoms with E-state index in [0.717, 1.165) is 17.4 Å². The zero-order chi connectivity index (χ0) is 19.5.